The van der Waals surface area contributed by atoms with Gasteiger partial charge in [-0.15, -0.1) is 0 Å². The summed E-state index contributed by atoms with van der Waals surface area (Å²) in [4.78, 5) is 34.8. The molecule has 0 unspecified atom stereocenters. The zero-order valence-corrected chi connectivity index (χ0v) is 11.1. The van der Waals surface area contributed by atoms with Gasteiger partial charge in [0.15, 0.2) is 0 Å². The third-order valence-corrected chi connectivity index (χ3v) is 3.58. The summed E-state index contributed by atoms with van der Waals surface area (Å²) in [7, 11) is 1.50. The van der Waals surface area contributed by atoms with Gasteiger partial charge >= 0.3 is 5.97 Å². The summed E-state index contributed by atoms with van der Waals surface area (Å²) in [6.45, 7) is 0. The summed E-state index contributed by atoms with van der Waals surface area (Å²) in [5, 5.41) is 14.2. The quantitative estimate of drug-likeness (QED) is 0.757. The maximum atomic E-state index is 12.1. The first-order valence-electron chi connectivity index (χ1n) is 6.36. The summed E-state index contributed by atoms with van der Waals surface area (Å²) < 4.78 is 0. The Balaban J connectivity index is 2.17. The number of aliphatic carboxylic acids is 1. The second-order valence-electron chi connectivity index (χ2n) is 4.85. The van der Waals surface area contributed by atoms with Gasteiger partial charge in [0.2, 0.25) is 0 Å². The highest BCUT2D eigenvalue weighted by atomic mass is 16.4. The molecule has 1 fully saturated rings. The Kier molecular flexibility index (Phi) is 3.74. The first kappa shape index (κ1) is 14.0. The van der Waals surface area contributed by atoms with Crippen molar-refractivity contribution in [2.45, 2.75) is 24.8 Å². The van der Waals surface area contributed by atoms with E-state index in [4.69, 9.17) is 0 Å². The normalized spacial score (nSPS) is 15.8. The van der Waals surface area contributed by atoms with Gasteiger partial charge in [0.05, 0.1) is 0 Å². The van der Waals surface area contributed by atoms with Gasteiger partial charge in [0, 0.05) is 18.2 Å². The number of hydrogen-bond acceptors (Lipinski definition) is 3. The van der Waals surface area contributed by atoms with Crippen LogP contribution in [-0.4, -0.2) is 35.5 Å². The van der Waals surface area contributed by atoms with E-state index in [2.05, 4.69) is 10.6 Å². The molecule has 0 spiro atoms. The Morgan fingerprint density at radius 2 is 1.75 bits per heavy atom. The van der Waals surface area contributed by atoms with E-state index in [1.165, 1.54) is 13.1 Å². The fourth-order valence-corrected chi connectivity index (χ4v) is 2.16. The second-order valence-corrected chi connectivity index (χ2v) is 4.85. The predicted molar refractivity (Wildman–Crippen MR) is 71.5 cm³/mol. The fourth-order valence-electron chi connectivity index (χ4n) is 2.16. The largest absolute Gasteiger partial charge is 0.480 e. The second kappa shape index (κ2) is 5.32. The van der Waals surface area contributed by atoms with Gasteiger partial charge in [0.25, 0.3) is 11.8 Å². The number of amides is 2. The minimum Gasteiger partial charge on any atom is -0.480 e. The molecule has 0 aromatic heterocycles. The average molecular weight is 276 g/mol. The number of rotatable bonds is 4. The minimum atomic E-state index is -1.15. The topological polar surface area (TPSA) is 95.5 Å². The predicted octanol–water partition coefficient (Wildman–Crippen LogP) is 0.783. The van der Waals surface area contributed by atoms with Gasteiger partial charge in [-0.25, -0.2) is 4.79 Å². The van der Waals surface area contributed by atoms with Crippen LogP contribution in [0.1, 0.15) is 40.0 Å². The fraction of sp³-hybridized carbons (Fsp3) is 0.357. The van der Waals surface area contributed by atoms with E-state index in [-0.39, 0.29) is 11.5 Å². The molecule has 2 rings (SSSR count). The van der Waals surface area contributed by atoms with Gasteiger partial charge in [-0.05, 0) is 37.5 Å². The smallest absolute Gasteiger partial charge is 0.329 e. The molecule has 20 heavy (non-hydrogen) atoms. The van der Waals surface area contributed by atoms with Crippen LogP contribution >= 0.6 is 0 Å². The summed E-state index contributed by atoms with van der Waals surface area (Å²) in [6.07, 6.45) is 1.65. The van der Waals surface area contributed by atoms with Crippen LogP contribution in [0, 0.1) is 0 Å². The van der Waals surface area contributed by atoms with E-state index >= 15 is 0 Å². The molecule has 0 atom stereocenters. The number of carboxylic acid groups (broad SMARTS) is 1. The Labute approximate surface area is 116 Å². The number of nitrogens with one attached hydrogen (secondary N) is 2. The average Bonchev–Trinajstić information content (AvgIpc) is 2.41. The molecule has 1 aliphatic rings. The van der Waals surface area contributed by atoms with Crippen molar-refractivity contribution in [1.82, 2.24) is 10.6 Å². The number of benzene rings is 1. The number of hydrogen-bond donors (Lipinski definition) is 3. The lowest BCUT2D eigenvalue weighted by atomic mass is 9.76. The van der Waals surface area contributed by atoms with Gasteiger partial charge in [0.1, 0.15) is 5.54 Å². The Morgan fingerprint density at radius 1 is 1.15 bits per heavy atom. The molecule has 0 aliphatic heterocycles. The van der Waals surface area contributed by atoms with Crippen molar-refractivity contribution in [3.8, 4) is 0 Å². The van der Waals surface area contributed by atoms with Crippen LogP contribution in [0.25, 0.3) is 0 Å². The number of carbonyl (C=O) groups excluding carboxylic acids is 2. The van der Waals surface area contributed by atoms with Crippen LogP contribution in [0.4, 0.5) is 0 Å². The standard InChI is InChI=1S/C14H16N2O4/c1-15-11(17)9-4-2-5-10(8-9)12(18)16-14(13(19)20)6-3-7-14/h2,4-5,8H,3,6-7H2,1H3,(H,15,17)(H,16,18)(H,19,20). The highest BCUT2D eigenvalue weighted by Crippen LogP contribution is 2.32. The molecule has 0 radical (unpaired) electrons. The van der Waals surface area contributed by atoms with Crippen LogP contribution in [0.5, 0.6) is 0 Å². The lowest BCUT2D eigenvalue weighted by Crippen LogP contribution is -2.59. The Bertz CT molecular complexity index is 564. The molecule has 6 nitrogen and oxygen atoms in total. The van der Waals surface area contributed by atoms with Crippen molar-refractivity contribution in [3.63, 3.8) is 0 Å². The molecule has 2 amide bonds. The molecule has 3 N–H and O–H groups in total. The maximum absolute atomic E-state index is 12.1. The maximum Gasteiger partial charge on any atom is 0.329 e. The van der Waals surface area contributed by atoms with Crippen molar-refractivity contribution in [2.24, 2.45) is 0 Å². The van der Waals surface area contributed by atoms with Gasteiger partial charge in [-0.2, -0.15) is 0 Å². The highest BCUT2D eigenvalue weighted by Gasteiger charge is 2.45. The Morgan fingerprint density at radius 3 is 2.20 bits per heavy atom. The summed E-state index contributed by atoms with van der Waals surface area (Å²) in [6, 6.07) is 6.18. The van der Waals surface area contributed by atoms with E-state index in [0.717, 1.165) is 6.42 Å². The van der Waals surface area contributed by atoms with Crippen molar-refractivity contribution < 1.29 is 19.5 Å². The molecular weight excluding hydrogens is 260 g/mol. The monoisotopic (exact) mass is 276 g/mol. The third-order valence-electron chi connectivity index (χ3n) is 3.58. The van der Waals surface area contributed by atoms with Gasteiger partial charge < -0.3 is 15.7 Å². The molecule has 106 valence electrons. The lowest BCUT2D eigenvalue weighted by Gasteiger charge is -2.38. The minimum absolute atomic E-state index is 0.277. The molecule has 1 aromatic carbocycles. The molecule has 0 bridgehead atoms. The summed E-state index contributed by atoms with van der Waals surface area (Å²) in [5.74, 6) is -1.78. The van der Waals surface area contributed by atoms with Crippen LogP contribution in [0.15, 0.2) is 24.3 Å². The van der Waals surface area contributed by atoms with E-state index in [9.17, 15) is 19.5 Å². The molecular formula is C14H16N2O4. The van der Waals surface area contributed by atoms with E-state index in [1.54, 1.807) is 18.2 Å². The number of carboxylic acids is 1. The zero-order valence-electron chi connectivity index (χ0n) is 11.1. The molecule has 1 aliphatic carbocycles. The van der Waals surface area contributed by atoms with Crippen molar-refractivity contribution in [3.05, 3.63) is 35.4 Å². The molecule has 1 saturated carbocycles. The summed E-state index contributed by atoms with van der Waals surface area (Å²) in [5.41, 5.74) is -0.517. The van der Waals surface area contributed by atoms with Crippen LogP contribution in [0.2, 0.25) is 0 Å². The molecule has 0 saturated heterocycles. The van der Waals surface area contributed by atoms with Crippen molar-refractivity contribution in [1.29, 1.82) is 0 Å². The molecule has 6 heteroatoms. The number of carbonyl (C=O) groups is 3. The lowest BCUT2D eigenvalue weighted by molar-refractivity contribution is -0.148. The van der Waals surface area contributed by atoms with Crippen LogP contribution < -0.4 is 10.6 Å². The van der Waals surface area contributed by atoms with E-state index < -0.39 is 17.4 Å². The first-order chi connectivity index (χ1) is 9.48. The SMILES string of the molecule is CNC(=O)c1cccc(C(=O)NC2(C(=O)O)CCC2)c1. The van der Waals surface area contributed by atoms with Crippen LogP contribution in [-0.2, 0) is 4.79 Å². The third kappa shape index (κ3) is 2.49. The first-order valence-corrected chi connectivity index (χ1v) is 6.36. The molecule has 0 heterocycles. The van der Waals surface area contributed by atoms with E-state index in [0.29, 0.717) is 18.4 Å². The highest BCUT2D eigenvalue weighted by molar-refractivity contribution is 6.01. The van der Waals surface area contributed by atoms with Gasteiger partial charge in [-0.3, -0.25) is 9.59 Å². The molecule has 1 aromatic rings. The summed E-state index contributed by atoms with van der Waals surface area (Å²) >= 11 is 0. The van der Waals surface area contributed by atoms with Crippen LogP contribution in [0.3, 0.4) is 0 Å². The Hall–Kier alpha value is -2.37. The van der Waals surface area contributed by atoms with Gasteiger partial charge in [-0.1, -0.05) is 6.07 Å². The van der Waals surface area contributed by atoms with Crippen molar-refractivity contribution in [2.75, 3.05) is 7.05 Å². The van der Waals surface area contributed by atoms with E-state index in [1.807, 2.05) is 0 Å². The van der Waals surface area contributed by atoms with Crippen molar-refractivity contribution >= 4 is 17.8 Å². The zero-order chi connectivity index (χ0) is 14.8.